The minimum absolute atomic E-state index is 0.0457. The molecule has 3 aromatic carbocycles. The van der Waals surface area contributed by atoms with Gasteiger partial charge in [0.2, 0.25) is 0 Å². The number of rotatable bonds is 4. The first-order chi connectivity index (χ1) is 14.5. The van der Waals surface area contributed by atoms with Crippen LogP contribution in [-0.4, -0.2) is 16.4 Å². The number of fused-ring (bicyclic) bond motifs is 1. The van der Waals surface area contributed by atoms with E-state index < -0.39 is 4.92 Å². The van der Waals surface area contributed by atoms with Crippen LogP contribution in [0.15, 0.2) is 59.1 Å². The van der Waals surface area contributed by atoms with E-state index in [1.54, 1.807) is 0 Å². The van der Waals surface area contributed by atoms with Crippen molar-refractivity contribution in [3.05, 3.63) is 91.4 Å². The molecule has 0 spiro atoms. The first kappa shape index (κ1) is 20.1. The summed E-state index contributed by atoms with van der Waals surface area (Å²) in [5.74, 6) is 0. The molecular formula is C23H19BrN4O2. The number of nitrogen functional groups attached to an aromatic ring is 1. The van der Waals surface area contributed by atoms with Crippen molar-refractivity contribution >= 4 is 27.3 Å². The number of hydrogen-bond donors (Lipinski definition) is 1. The lowest BCUT2D eigenvalue weighted by Gasteiger charge is -2.31. The Kier molecular flexibility index (Phi) is 5.53. The zero-order chi connectivity index (χ0) is 21.3. The van der Waals surface area contributed by atoms with Crippen LogP contribution in [0.4, 0.5) is 11.4 Å². The molecule has 7 heteroatoms. The Hall–Kier alpha value is -3.21. The predicted octanol–water partition coefficient (Wildman–Crippen LogP) is 5.04. The lowest BCUT2D eigenvalue weighted by molar-refractivity contribution is -0.383. The molecule has 1 aliphatic rings. The van der Waals surface area contributed by atoms with Crippen LogP contribution in [0.25, 0.3) is 11.1 Å². The van der Waals surface area contributed by atoms with Crippen LogP contribution >= 0.6 is 15.9 Å². The molecule has 1 aliphatic heterocycles. The molecular weight excluding hydrogens is 444 g/mol. The van der Waals surface area contributed by atoms with Gasteiger partial charge >= 0.3 is 5.69 Å². The molecule has 0 fully saturated rings. The van der Waals surface area contributed by atoms with Gasteiger partial charge in [-0.2, -0.15) is 5.26 Å². The molecule has 150 valence electrons. The summed E-state index contributed by atoms with van der Waals surface area (Å²) in [5.41, 5.74) is 10.2. The Morgan fingerprint density at radius 3 is 2.47 bits per heavy atom. The Balaban J connectivity index is 1.89. The molecule has 0 bridgehead atoms. The molecule has 0 aromatic heterocycles. The van der Waals surface area contributed by atoms with E-state index in [4.69, 9.17) is 5.73 Å². The third-order valence-electron chi connectivity index (χ3n) is 5.47. The standard InChI is InChI=1S/C23H19BrN4O2/c24-17-8-6-16(7-9-17)21-20-14-27(13-15-4-2-1-3-5-15)11-10-18(20)19(12-25)22(26)23(21)28(29)30/h1-9H,10-11,13-14,26H2. The number of hydrogen-bond acceptors (Lipinski definition) is 5. The fourth-order valence-corrected chi connectivity index (χ4v) is 4.37. The molecule has 0 unspecified atom stereocenters. The molecule has 6 nitrogen and oxygen atoms in total. The third kappa shape index (κ3) is 3.67. The smallest absolute Gasteiger partial charge is 0.301 e. The van der Waals surface area contributed by atoms with Gasteiger partial charge in [0.15, 0.2) is 0 Å². The number of anilines is 1. The molecule has 1 heterocycles. The monoisotopic (exact) mass is 462 g/mol. The number of nitrogens with zero attached hydrogens (tertiary/aromatic N) is 3. The molecule has 3 aromatic rings. The van der Waals surface area contributed by atoms with E-state index in [1.165, 1.54) is 5.56 Å². The maximum Gasteiger partial charge on any atom is 0.301 e. The zero-order valence-corrected chi connectivity index (χ0v) is 17.7. The maximum atomic E-state index is 12.0. The van der Waals surface area contributed by atoms with Crippen molar-refractivity contribution in [3.63, 3.8) is 0 Å². The van der Waals surface area contributed by atoms with Crippen molar-refractivity contribution in [2.24, 2.45) is 0 Å². The lowest BCUT2D eigenvalue weighted by atomic mass is 9.85. The Bertz CT molecular complexity index is 1150. The SMILES string of the molecule is N#Cc1c(N)c([N+](=O)[O-])c(-c2ccc(Br)cc2)c2c1CCN(Cc1ccccc1)C2. The predicted molar refractivity (Wildman–Crippen MR) is 120 cm³/mol. The van der Waals surface area contributed by atoms with Gasteiger partial charge in [-0.15, -0.1) is 0 Å². The molecule has 30 heavy (non-hydrogen) atoms. The fraction of sp³-hybridized carbons (Fsp3) is 0.174. The summed E-state index contributed by atoms with van der Waals surface area (Å²) in [6, 6.07) is 19.6. The average molecular weight is 463 g/mol. The summed E-state index contributed by atoms with van der Waals surface area (Å²) in [7, 11) is 0. The fourth-order valence-electron chi connectivity index (χ4n) is 4.10. The van der Waals surface area contributed by atoms with Gasteiger partial charge in [-0.05, 0) is 40.8 Å². The van der Waals surface area contributed by atoms with Crippen LogP contribution in [0.1, 0.15) is 22.3 Å². The minimum Gasteiger partial charge on any atom is -0.392 e. The van der Waals surface area contributed by atoms with E-state index in [0.717, 1.165) is 34.3 Å². The molecule has 0 radical (unpaired) electrons. The summed E-state index contributed by atoms with van der Waals surface area (Å²) in [6.45, 7) is 2.01. The van der Waals surface area contributed by atoms with Crippen LogP contribution in [0.2, 0.25) is 0 Å². The number of nitro benzene ring substituents is 1. The first-order valence-corrected chi connectivity index (χ1v) is 10.3. The summed E-state index contributed by atoms with van der Waals surface area (Å²) in [4.78, 5) is 13.8. The van der Waals surface area contributed by atoms with Gasteiger partial charge < -0.3 is 5.73 Å². The van der Waals surface area contributed by atoms with Gasteiger partial charge in [0.1, 0.15) is 11.8 Å². The number of halogens is 1. The molecule has 0 amide bonds. The van der Waals surface area contributed by atoms with Gasteiger partial charge in [-0.25, -0.2) is 0 Å². The Labute approximate surface area is 182 Å². The van der Waals surface area contributed by atoms with E-state index in [-0.39, 0.29) is 16.9 Å². The van der Waals surface area contributed by atoms with Crippen LogP contribution in [0.5, 0.6) is 0 Å². The van der Waals surface area contributed by atoms with Gasteiger partial charge in [0.25, 0.3) is 0 Å². The Morgan fingerprint density at radius 1 is 1.13 bits per heavy atom. The van der Waals surface area contributed by atoms with E-state index in [9.17, 15) is 15.4 Å². The van der Waals surface area contributed by atoms with Crippen molar-refractivity contribution in [1.82, 2.24) is 4.90 Å². The quantitative estimate of drug-likeness (QED) is 0.332. The molecule has 2 N–H and O–H groups in total. The summed E-state index contributed by atoms with van der Waals surface area (Å²) in [6.07, 6.45) is 0.622. The van der Waals surface area contributed by atoms with Crippen molar-refractivity contribution in [2.45, 2.75) is 19.5 Å². The average Bonchev–Trinajstić information content (AvgIpc) is 2.74. The highest BCUT2D eigenvalue weighted by Gasteiger charge is 2.33. The maximum absolute atomic E-state index is 12.0. The van der Waals surface area contributed by atoms with Crippen molar-refractivity contribution in [1.29, 1.82) is 5.26 Å². The second-order valence-corrected chi connectivity index (χ2v) is 8.21. The van der Waals surface area contributed by atoms with Gasteiger partial charge in [0.05, 0.1) is 16.1 Å². The number of nitro groups is 1. The lowest BCUT2D eigenvalue weighted by Crippen LogP contribution is -2.31. The first-order valence-electron chi connectivity index (χ1n) is 9.53. The Morgan fingerprint density at radius 2 is 1.83 bits per heavy atom. The van der Waals surface area contributed by atoms with E-state index >= 15 is 0 Å². The number of nitriles is 1. The van der Waals surface area contributed by atoms with Crippen LogP contribution in [0.3, 0.4) is 0 Å². The normalized spacial score (nSPS) is 13.5. The second-order valence-electron chi connectivity index (χ2n) is 7.29. The summed E-state index contributed by atoms with van der Waals surface area (Å²) < 4.78 is 0.884. The highest BCUT2D eigenvalue weighted by atomic mass is 79.9. The minimum atomic E-state index is -0.468. The van der Waals surface area contributed by atoms with E-state index in [0.29, 0.717) is 18.5 Å². The van der Waals surface area contributed by atoms with Crippen LogP contribution < -0.4 is 5.73 Å². The van der Waals surface area contributed by atoms with Crippen molar-refractivity contribution in [3.8, 4) is 17.2 Å². The van der Waals surface area contributed by atoms with Gasteiger partial charge in [-0.1, -0.05) is 58.4 Å². The second kappa shape index (κ2) is 8.27. The molecule has 0 saturated carbocycles. The molecule has 0 atom stereocenters. The topological polar surface area (TPSA) is 96.2 Å². The summed E-state index contributed by atoms with van der Waals surface area (Å²) >= 11 is 3.41. The highest BCUT2D eigenvalue weighted by Crippen LogP contribution is 2.44. The number of nitrogens with two attached hydrogens (primary N) is 1. The molecule has 4 rings (SSSR count). The largest absolute Gasteiger partial charge is 0.392 e. The van der Waals surface area contributed by atoms with Crippen LogP contribution in [-0.2, 0) is 19.5 Å². The van der Waals surface area contributed by atoms with E-state index in [2.05, 4.69) is 39.0 Å². The van der Waals surface area contributed by atoms with Gasteiger partial charge in [0, 0.05) is 24.1 Å². The van der Waals surface area contributed by atoms with Crippen LogP contribution in [0, 0.1) is 21.4 Å². The number of benzene rings is 3. The van der Waals surface area contributed by atoms with Crippen molar-refractivity contribution < 1.29 is 4.92 Å². The molecule has 0 aliphatic carbocycles. The van der Waals surface area contributed by atoms with E-state index in [1.807, 2.05) is 42.5 Å². The van der Waals surface area contributed by atoms with Crippen molar-refractivity contribution in [2.75, 3.05) is 12.3 Å². The molecule has 0 saturated heterocycles. The summed E-state index contributed by atoms with van der Waals surface area (Å²) in [5, 5.41) is 21.7. The highest BCUT2D eigenvalue weighted by molar-refractivity contribution is 9.10. The van der Waals surface area contributed by atoms with Gasteiger partial charge in [-0.3, -0.25) is 15.0 Å². The zero-order valence-electron chi connectivity index (χ0n) is 16.1. The third-order valence-corrected chi connectivity index (χ3v) is 5.99.